The number of nitrogens with zero attached hydrogens (tertiary/aromatic N) is 2. The summed E-state index contributed by atoms with van der Waals surface area (Å²) in [6.07, 6.45) is 34.0. The van der Waals surface area contributed by atoms with Gasteiger partial charge >= 0.3 is 0 Å². The van der Waals surface area contributed by atoms with Crippen LogP contribution in [0.3, 0.4) is 0 Å². The highest BCUT2D eigenvalue weighted by molar-refractivity contribution is 5.97. The Morgan fingerprint density at radius 3 is 2.31 bits per heavy atom. The maximum Gasteiger partial charge on any atom is 0.0539 e. The van der Waals surface area contributed by atoms with Crippen molar-refractivity contribution in [3.63, 3.8) is 0 Å². The second kappa shape index (κ2) is 16.5. The molecule has 0 radical (unpaired) electrons. The van der Waals surface area contributed by atoms with Crippen molar-refractivity contribution >= 4 is 27.7 Å². The number of rotatable bonds is 11. The van der Waals surface area contributed by atoms with Gasteiger partial charge in [-0.3, -0.25) is 0 Å². The molecular formula is C47H54N2. The minimum atomic E-state index is 0.0555. The van der Waals surface area contributed by atoms with E-state index < -0.39 is 0 Å². The monoisotopic (exact) mass is 646 g/mol. The maximum atomic E-state index is 4.53. The van der Waals surface area contributed by atoms with Crippen molar-refractivity contribution in [3.8, 4) is 0 Å². The number of hydrogen-bond acceptors (Lipinski definition) is 2. The molecule has 1 saturated carbocycles. The molecule has 5 rings (SSSR count). The van der Waals surface area contributed by atoms with Crippen molar-refractivity contribution in [3.05, 3.63) is 175 Å². The quantitative estimate of drug-likeness (QED) is 0.151. The summed E-state index contributed by atoms with van der Waals surface area (Å²) in [5, 5.41) is 2.45. The molecule has 3 aromatic rings. The van der Waals surface area contributed by atoms with E-state index in [9.17, 15) is 0 Å². The van der Waals surface area contributed by atoms with Gasteiger partial charge in [-0.25, -0.2) is 0 Å². The van der Waals surface area contributed by atoms with Crippen LogP contribution in [0.2, 0.25) is 0 Å². The van der Waals surface area contributed by atoms with E-state index in [0.29, 0.717) is 12.0 Å². The summed E-state index contributed by atoms with van der Waals surface area (Å²) < 4.78 is 0. The Bertz CT molecular complexity index is 1850. The van der Waals surface area contributed by atoms with Gasteiger partial charge in [0.15, 0.2) is 0 Å². The van der Waals surface area contributed by atoms with Gasteiger partial charge in [-0.1, -0.05) is 129 Å². The van der Waals surface area contributed by atoms with Crippen molar-refractivity contribution in [2.24, 2.45) is 11.3 Å². The Morgan fingerprint density at radius 1 is 0.816 bits per heavy atom. The van der Waals surface area contributed by atoms with Crippen LogP contribution >= 0.6 is 0 Å². The van der Waals surface area contributed by atoms with Gasteiger partial charge in [0.25, 0.3) is 0 Å². The average molecular weight is 647 g/mol. The molecule has 2 nitrogen and oxygen atoms in total. The Hall–Kier alpha value is -4.82. The van der Waals surface area contributed by atoms with E-state index in [0.717, 1.165) is 41.1 Å². The molecular weight excluding hydrogens is 593 g/mol. The molecule has 2 aliphatic rings. The molecule has 252 valence electrons. The van der Waals surface area contributed by atoms with Gasteiger partial charge in [-0.2, -0.15) is 0 Å². The molecule has 49 heavy (non-hydrogen) atoms. The zero-order chi connectivity index (χ0) is 34.8. The lowest BCUT2D eigenvalue weighted by Gasteiger charge is -2.51. The van der Waals surface area contributed by atoms with Crippen LogP contribution in [0.5, 0.6) is 0 Å². The van der Waals surface area contributed by atoms with E-state index in [1.54, 1.807) is 0 Å². The van der Waals surface area contributed by atoms with Gasteiger partial charge in [0, 0.05) is 39.6 Å². The molecule has 3 atom stereocenters. The highest BCUT2D eigenvalue weighted by Crippen LogP contribution is 2.48. The fourth-order valence-electron chi connectivity index (χ4n) is 7.66. The van der Waals surface area contributed by atoms with E-state index in [1.807, 2.05) is 0 Å². The first-order chi connectivity index (χ1) is 23.9. The summed E-state index contributed by atoms with van der Waals surface area (Å²) in [7, 11) is 0. The van der Waals surface area contributed by atoms with Gasteiger partial charge < -0.3 is 9.80 Å². The van der Waals surface area contributed by atoms with Crippen LogP contribution in [0.25, 0.3) is 16.3 Å². The number of fused-ring (bicyclic) bond motifs is 2. The Kier molecular flexibility index (Phi) is 12.0. The Balaban J connectivity index is 1.46. The summed E-state index contributed by atoms with van der Waals surface area (Å²) in [6.45, 7) is 17.7. The van der Waals surface area contributed by atoms with E-state index >= 15 is 0 Å². The van der Waals surface area contributed by atoms with Crippen molar-refractivity contribution < 1.29 is 0 Å². The van der Waals surface area contributed by atoms with Crippen molar-refractivity contribution in [1.82, 2.24) is 4.90 Å². The van der Waals surface area contributed by atoms with E-state index in [4.69, 9.17) is 0 Å². The van der Waals surface area contributed by atoms with Crippen LogP contribution in [0.1, 0.15) is 72.8 Å². The normalized spacial score (nSPS) is 21.9. The van der Waals surface area contributed by atoms with Crippen LogP contribution in [-0.2, 0) is 0 Å². The van der Waals surface area contributed by atoms with Crippen molar-refractivity contribution in [2.45, 2.75) is 73.3 Å². The average Bonchev–Trinajstić information content (AvgIpc) is 3.33. The van der Waals surface area contributed by atoms with E-state index in [-0.39, 0.29) is 5.41 Å². The second-order valence-electron chi connectivity index (χ2n) is 13.4. The highest BCUT2D eigenvalue weighted by Gasteiger charge is 2.44. The third-order valence-corrected chi connectivity index (χ3v) is 10.3. The van der Waals surface area contributed by atoms with Crippen molar-refractivity contribution in [1.29, 1.82) is 0 Å². The molecule has 2 aliphatic carbocycles. The fraction of sp³-hybridized carbons (Fsp3) is 0.277. The topological polar surface area (TPSA) is 6.48 Å². The molecule has 0 amide bonds. The van der Waals surface area contributed by atoms with Crippen LogP contribution in [0.15, 0.2) is 169 Å². The van der Waals surface area contributed by atoms with Crippen molar-refractivity contribution in [2.75, 3.05) is 4.90 Å². The zero-order valence-electron chi connectivity index (χ0n) is 30.4. The largest absolute Gasteiger partial charge is 0.342 e. The summed E-state index contributed by atoms with van der Waals surface area (Å²) in [4.78, 5) is 4.93. The summed E-state index contributed by atoms with van der Waals surface area (Å²) in [6, 6.07) is 24.3. The first kappa shape index (κ1) is 35.5. The predicted molar refractivity (Wildman–Crippen MR) is 216 cm³/mol. The summed E-state index contributed by atoms with van der Waals surface area (Å²) in [5.41, 5.74) is 8.01. The van der Waals surface area contributed by atoms with Crippen LogP contribution < -0.4 is 4.90 Å². The molecule has 0 bridgehead atoms. The molecule has 0 aromatic heterocycles. The number of anilines is 2. The Labute approximate surface area is 296 Å². The summed E-state index contributed by atoms with van der Waals surface area (Å²) >= 11 is 0. The van der Waals surface area contributed by atoms with Gasteiger partial charge in [0.2, 0.25) is 0 Å². The maximum absolute atomic E-state index is 4.53. The van der Waals surface area contributed by atoms with Gasteiger partial charge in [-0.05, 0) is 113 Å². The zero-order valence-corrected chi connectivity index (χ0v) is 30.4. The lowest BCUT2D eigenvalue weighted by molar-refractivity contribution is 0.0865. The number of hydrogen-bond donors (Lipinski definition) is 0. The lowest BCUT2D eigenvalue weighted by Crippen LogP contribution is -2.50. The first-order valence-corrected chi connectivity index (χ1v) is 18.0. The standard InChI is InChI=1S/C47H54N2/c1-8-12-21-37(6)48(46-28-19-25-40-24-14-13-17-35-47(40,46)7)42(11-4)32-29-36(5)38-30-33-43(34-31-38)49(41(10-3)20-9-2)45-27-18-23-39-22-15-16-26-44(39)45/h8-12,14-18,20-24,26-27,29-35,40,46H,5,13,19,25,28H2,1-4,6-7H3/b12-8-,20-9-,32-29-,37-21+,41-10+,42-11+. The lowest BCUT2D eigenvalue weighted by atomic mass is 9.63. The SMILES string of the molecule is C=C(/C=C\C(=C/C)N(/C(C)=C/C=C\C)C1CCCC2C=CCC=CC21C)c1ccc(N(C(/C=C\C)=C/C)c2cccc3ccccc23)cc1. The molecule has 1 fully saturated rings. The molecule has 3 aromatic carbocycles. The molecule has 0 N–H and O–H groups in total. The molecule has 0 spiro atoms. The third kappa shape index (κ3) is 7.75. The van der Waals surface area contributed by atoms with E-state index in [1.165, 1.54) is 35.0 Å². The molecule has 0 aliphatic heterocycles. The van der Waals surface area contributed by atoms with Crippen LogP contribution in [-0.4, -0.2) is 10.9 Å². The molecule has 2 heteroatoms. The number of allylic oxidation sites excluding steroid dienone is 14. The predicted octanol–water partition coefficient (Wildman–Crippen LogP) is 13.4. The van der Waals surface area contributed by atoms with Crippen LogP contribution in [0, 0.1) is 11.3 Å². The van der Waals surface area contributed by atoms with Gasteiger partial charge in [-0.15, -0.1) is 0 Å². The second-order valence-corrected chi connectivity index (χ2v) is 13.4. The first-order valence-electron chi connectivity index (χ1n) is 18.0. The minimum Gasteiger partial charge on any atom is -0.342 e. The van der Waals surface area contributed by atoms with Gasteiger partial charge in [0.05, 0.1) is 5.69 Å². The third-order valence-electron chi connectivity index (χ3n) is 10.3. The summed E-state index contributed by atoms with van der Waals surface area (Å²) in [5.74, 6) is 0.543. The van der Waals surface area contributed by atoms with Gasteiger partial charge in [0.1, 0.15) is 0 Å². The highest BCUT2D eigenvalue weighted by atomic mass is 15.2. The van der Waals surface area contributed by atoms with E-state index in [2.05, 4.69) is 204 Å². The molecule has 0 heterocycles. The Morgan fingerprint density at radius 2 is 1.57 bits per heavy atom. The smallest absolute Gasteiger partial charge is 0.0539 e. The minimum absolute atomic E-state index is 0.0555. The number of benzene rings is 3. The molecule has 3 unspecified atom stereocenters. The fourth-order valence-corrected chi connectivity index (χ4v) is 7.66. The van der Waals surface area contributed by atoms with Crippen LogP contribution in [0.4, 0.5) is 11.4 Å². The molecule has 0 saturated heterocycles.